The predicted molar refractivity (Wildman–Crippen MR) is 135 cm³/mol. The molecule has 1 aliphatic heterocycles. The summed E-state index contributed by atoms with van der Waals surface area (Å²) in [6, 6.07) is 12.2. The Kier molecular flexibility index (Phi) is 9.15. The van der Waals surface area contributed by atoms with Crippen molar-refractivity contribution in [2.75, 3.05) is 24.9 Å². The highest BCUT2D eigenvalue weighted by Gasteiger charge is 2.36. The van der Waals surface area contributed by atoms with Gasteiger partial charge in [0, 0.05) is 18.5 Å². The Morgan fingerprint density at radius 2 is 1.86 bits per heavy atom. The van der Waals surface area contributed by atoms with E-state index in [2.05, 4.69) is 9.74 Å². The molecule has 36 heavy (non-hydrogen) atoms. The number of esters is 1. The molecule has 0 spiro atoms. The zero-order valence-electron chi connectivity index (χ0n) is 20.4. The number of carbonyl (C=O) groups is 1. The van der Waals surface area contributed by atoms with Crippen LogP contribution < -0.4 is 4.31 Å². The largest absolute Gasteiger partial charge is 0.435 e. The summed E-state index contributed by atoms with van der Waals surface area (Å²) in [5, 5.41) is 9.62. The number of anilines is 1. The smallest absolute Gasteiger partial charge is 0.307 e. The van der Waals surface area contributed by atoms with Gasteiger partial charge in [0.15, 0.2) is 0 Å². The number of unbranched alkanes of at least 4 members (excludes halogenated alkanes) is 3. The van der Waals surface area contributed by atoms with Gasteiger partial charge in [-0.1, -0.05) is 48.7 Å². The fourth-order valence-electron chi connectivity index (χ4n) is 4.38. The van der Waals surface area contributed by atoms with Gasteiger partial charge >= 0.3 is 5.97 Å². The fraction of sp³-hybridized carbons (Fsp3) is 0.458. The molecule has 2 atom stereocenters. The molecule has 0 N–H and O–H groups in total. The highest BCUT2D eigenvalue weighted by atomic mass is 35.5. The molecule has 0 aliphatic carbocycles. The second-order valence-corrected chi connectivity index (χ2v) is 11.0. The first-order valence-corrected chi connectivity index (χ1v) is 13.4. The van der Waals surface area contributed by atoms with Crippen molar-refractivity contribution in [2.24, 2.45) is 0 Å². The van der Waals surface area contributed by atoms with E-state index in [0.29, 0.717) is 29.2 Å². The van der Waals surface area contributed by atoms with Gasteiger partial charge in [-0.05, 0) is 62.7 Å². The van der Waals surface area contributed by atoms with E-state index in [1.54, 1.807) is 25.2 Å². The summed E-state index contributed by atoms with van der Waals surface area (Å²) < 4.78 is 32.9. The van der Waals surface area contributed by atoms with Crippen LogP contribution in [0.2, 0.25) is 5.02 Å². The number of hydrogen-bond donors (Lipinski definition) is 0. The third kappa shape index (κ3) is 6.45. The number of sulfonamides is 1. The predicted octanol–water partition coefficient (Wildman–Crippen LogP) is 4.55. The van der Waals surface area contributed by atoms with Gasteiger partial charge in [-0.2, -0.15) is 0 Å². The average Bonchev–Trinajstić information content (AvgIpc) is 2.87. The Morgan fingerprint density at radius 1 is 1.17 bits per heavy atom. The number of carbonyl (C=O) groups excluding carboxylic acids is 1. The first-order valence-electron chi connectivity index (χ1n) is 11.6. The lowest BCUT2D eigenvalue weighted by molar-refractivity contribution is -0.777. The van der Waals surface area contributed by atoms with E-state index in [1.165, 1.54) is 17.3 Å². The molecule has 10 nitrogen and oxygen atoms in total. The van der Waals surface area contributed by atoms with Crippen molar-refractivity contribution in [1.82, 2.24) is 4.90 Å². The molecule has 0 saturated heterocycles. The van der Waals surface area contributed by atoms with Crippen LogP contribution in [0.4, 0.5) is 5.69 Å². The van der Waals surface area contributed by atoms with Crippen molar-refractivity contribution in [1.29, 1.82) is 0 Å². The van der Waals surface area contributed by atoms with Gasteiger partial charge < -0.3 is 4.74 Å². The summed E-state index contributed by atoms with van der Waals surface area (Å²) >= 11 is 6.18. The lowest BCUT2D eigenvalue weighted by atomic mass is 9.95. The standard InChI is InChI=1S/C24H30ClN3O7S/c1-17(35-28(30)31)34-23(29)12-6-4-5-9-15-26(2)24-19-10-7-8-11-21(19)27(3)36(32,33)22-16-18(25)13-14-20(22)24/h7-8,10-11,13-14,16-17,24H,4-6,9,12,15H2,1-3H3. The van der Waals surface area contributed by atoms with Crippen molar-refractivity contribution in [3.63, 3.8) is 0 Å². The average molecular weight is 540 g/mol. The molecule has 0 amide bonds. The van der Waals surface area contributed by atoms with E-state index in [0.717, 1.165) is 24.8 Å². The molecule has 2 aromatic rings. The highest BCUT2D eigenvalue weighted by molar-refractivity contribution is 7.92. The van der Waals surface area contributed by atoms with E-state index in [4.69, 9.17) is 16.3 Å². The fourth-order valence-corrected chi connectivity index (χ4v) is 6.09. The number of para-hydroxylation sites is 1. The number of rotatable bonds is 11. The van der Waals surface area contributed by atoms with Crippen molar-refractivity contribution < 1.29 is 27.9 Å². The van der Waals surface area contributed by atoms with Gasteiger partial charge in [0.2, 0.25) is 6.29 Å². The lowest BCUT2D eigenvalue weighted by Crippen LogP contribution is -2.27. The van der Waals surface area contributed by atoms with Crippen molar-refractivity contribution in [3.05, 3.63) is 68.7 Å². The number of benzene rings is 2. The number of ether oxygens (including phenoxy) is 1. The minimum Gasteiger partial charge on any atom is -0.435 e. The summed E-state index contributed by atoms with van der Waals surface area (Å²) in [5.74, 6) is -0.544. The van der Waals surface area contributed by atoms with Crippen LogP contribution >= 0.6 is 11.6 Å². The van der Waals surface area contributed by atoms with Gasteiger partial charge in [0.05, 0.1) is 16.6 Å². The van der Waals surface area contributed by atoms with Gasteiger partial charge in [-0.15, -0.1) is 10.1 Å². The minimum absolute atomic E-state index is 0.148. The molecule has 3 rings (SSSR count). The topological polar surface area (TPSA) is 119 Å². The molecule has 2 unspecified atom stereocenters. The van der Waals surface area contributed by atoms with E-state index in [9.17, 15) is 23.3 Å². The SMILES string of the molecule is CC(OC(=O)CCCCCCN(C)C1c2ccccc2N(C)S(=O)(=O)c2cc(Cl)ccc21)O[N+](=O)[O-]. The Balaban J connectivity index is 1.64. The van der Waals surface area contributed by atoms with Crippen molar-refractivity contribution >= 4 is 33.3 Å². The maximum Gasteiger partial charge on any atom is 0.307 e. The molecule has 2 aromatic carbocycles. The van der Waals surface area contributed by atoms with Crippen LogP contribution in [-0.2, 0) is 24.4 Å². The van der Waals surface area contributed by atoms with Crippen LogP contribution in [0.3, 0.4) is 0 Å². The summed E-state index contributed by atoms with van der Waals surface area (Å²) in [5.41, 5.74) is 2.18. The number of hydrogen-bond acceptors (Lipinski definition) is 8. The zero-order valence-corrected chi connectivity index (χ0v) is 22.0. The van der Waals surface area contributed by atoms with E-state index in [1.807, 2.05) is 25.2 Å². The monoisotopic (exact) mass is 539 g/mol. The van der Waals surface area contributed by atoms with E-state index < -0.39 is 27.4 Å². The maximum atomic E-state index is 13.4. The van der Waals surface area contributed by atoms with Gasteiger partial charge in [0.1, 0.15) is 0 Å². The first-order chi connectivity index (χ1) is 17.0. The van der Waals surface area contributed by atoms with Crippen LogP contribution in [0.25, 0.3) is 0 Å². The van der Waals surface area contributed by atoms with Gasteiger partial charge in [-0.25, -0.2) is 8.42 Å². The van der Waals surface area contributed by atoms with Crippen molar-refractivity contribution in [2.45, 2.75) is 56.3 Å². The van der Waals surface area contributed by atoms with Crippen LogP contribution in [-0.4, -0.2) is 51.3 Å². The molecule has 196 valence electrons. The summed E-state index contributed by atoms with van der Waals surface area (Å²) in [4.78, 5) is 28.5. The second kappa shape index (κ2) is 11.9. The number of halogens is 1. The lowest BCUT2D eigenvalue weighted by Gasteiger charge is -2.30. The van der Waals surface area contributed by atoms with Crippen LogP contribution in [0.15, 0.2) is 47.4 Å². The Morgan fingerprint density at radius 3 is 2.58 bits per heavy atom. The molecule has 1 heterocycles. The maximum absolute atomic E-state index is 13.4. The molecule has 0 radical (unpaired) electrons. The normalized spacial score (nSPS) is 17.0. The first kappa shape index (κ1) is 27.7. The third-order valence-electron chi connectivity index (χ3n) is 6.09. The van der Waals surface area contributed by atoms with E-state index >= 15 is 0 Å². The molecule has 0 saturated carbocycles. The van der Waals surface area contributed by atoms with Crippen LogP contribution in [0.1, 0.15) is 56.2 Å². The summed E-state index contributed by atoms with van der Waals surface area (Å²) in [6.07, 6.45) is 1.96. The Bertz CT molecular complexity index is 1210. The number of fused-ring (bicyclic) bond motifs is 2. The highest BCUT2D eigenvalue weighted by Crippen LogP contribution is 2.43. The van der Waals surface area contributed by atoms with Crippen LogP contribution in [0, 0.1) is 10.1 Å². The molecule has 12 heteroatoms. The Labute approximate surface area is 215 Å². The molecule has 1 aliphatic rings. The minimum atomic E-state index is -3.78. The number of nitrogens with zero attached hydrogens (tertiary/aromatic N) is 3. The quantitative estimate of drug-likeness (QED) is 0.134. The molecule has 0 fully saturated rings. The molecular formula is C24H30ClN3O7S. The van der Waals surface area contributed by atoms with E-state index in [-0.39, 0.29) is 17.4 Å². The molecule has 0 bridgehead atoms. The second-order valence-electron chi connectivity index (χ2n) is 8.65. The summed E-state index contributed by atoms with van der Waals surface area (Å²) in [6.45, 7) is 1.99. The summed E-state index contributed by atoms with van der Waals surface area (Å²) in [7, 11) is -0.267. The Hall–Kier alpha value is -2.89. The molecular weight excluding hydrogens is 510 g/mol. The zero-order chi connectivity index (χ0) is 26.5. The van der Waals surface area contributed by atoms with Gasteiger partial charge in [0.25, 0.3) is 15.1 Å². The molecule has 0 aromatic heterocycles. The third-order valence-corrected chi connectivity index (χ3v) is 8.16. The van der Waals surface area contributed by atoms with Gasteiger partial charge in [-0.3, -0.25) is 18.8 Å². The van der Waals surface area contributed by atoms with Crippen LogP contribution in [0.5, 0.6) is 0 Å². The van der Waals surface area contributed by atoms with Crippen molar-refractivity contribution in [3.8, 4) is 0 Å².